The molecule has 0 aliphatic carbocycles. The second-order valence-corrected chi connectivity index (χ2v) is 8.09. The molecule has 0 atom stereocenters. The lowest BCUT2D eigenvalue weighted by Gasteiger charge is -2.26. The van der Waals surface area contributed by atoms with Gasteiger partial charge in [-0.05, 0) is 43.0 Å². The van der Waals surface area contributed by atoms with Crippen molar-refractivity contribution in [2.75, 3.05) is 23.7 Å². The van der Waals surface area contributed by atoms with Crippen molar-refractivity contribution in [3.8, 4) is 0 Å². The maximum Gasteiger partial charge on any atom is 0.251 e. The third-order valence-electron chi connectivity index (χ3n) is 4.60. The summed E-state index contributed by atoms with van der Waals surface area (Å²) in [6.07, 6.45) is 3.39. The predicted molar refractivity (Wildman–Crippen MR) is 92.2 cm³/mol. The molecule has 0 aromatic heterocycles. The summed E-state index contributed by atoms with van der Waals surface area (Å²) in [6, 6.07) is 5.13. The third-order valence-corrected chi connectivity index (χ3v) is 5.78. The Morgan fingerprint density at radius 1 is 1.35 bits per heavy atom. The fourth-order valence-corrected chi connectivity index (χ4v) is 3.67. The maximum atomic E-state index is 12.3. The Morgan fingerprint density at radius 3 is 2.57 bits per heavy atom. The van der Waals surface area contributed by atoms with Crippen molar-refractivity contribution in [2.45, 2.75) is 38.6 Å². The first-order valence-electron chi connectivity index (χ1n) is 7.88. The zero-order valence-electron chi connectivity index (χ0n) is 13.9. The first-order valence-corrected chi connectivity index (χ1v) is 9.73. The number of nitrogens with one attached hydrogen (secondary N) is 1. The predicted octanol–water partition coefficient (Wildman–Crippen LogP) is 1.26. The number of amides is 1. The number of carbonyl (C=O) groups is 1. The van der Waals surface area contributed by atoms with Gasteiger partial charge in [0.2, 0.25) is 10.0 Å². The SMILES string of the molecule is CCC(N)(CC)CNC(=O)c1ccc2c(c1)CCN2S(C)(=O)=O. The summed E-state index contributed by atoms with van der Waals surface area (Å²) in [5.74, 6) is -0.178. The molecule has 0 saturated heterocycles. The van der Waals surface area contributed by atoms with Crippen LogP contribution >= 0.6 is 0 Å². The highest BCUT2D eigenvalue weighted by Crippen LogP contribution is 2.30. The van der Waals surface area contributed by atoms with Crippen LogP contribution in [-0.4, -0.2) is 39.2 Å². The lowest BCUT2D eigenvalue weighted by Crippen LogP contribution is -2.49. The van der Waals surface area contributed by atoms with Gasteiger partial charge in [0.1, 0.15) is 0 Å². The minimum Gasteiger partial charge on any atom is -0.350 e. The largest absolute Gasteiger partial charge is 0.350 e. The minimum absolute atomic E-state index is 0.178. The van der Waals surface area contributed by atoms with E-state index in [1.165, 1.54) is 10.6 Å². The fourth-order valence-electron chi connectivity index (χ4n) is 2.72. The molecule has 1 heterocycles. The summed E-state index contributed by atoms with van der Waals surface area (Å²) in [5, 5.41) is 2.88. The second kappa shape index (κ2) is 6.49. The quantitative estimate of drug-likeness (QED) is 0.816. The Bertz CT molecular complexity index is 697. The van der Waals surface area contributed by atoms with Gasteiger partial charge in [0.25, 0.3) is 5.91 Å². The number of hydrogen-bond donors (Lipinski definition) is 2. The number of fused-ring (bicyclic) bond motifs is 1. The summed E-state index contributed by atoms with van der Waals surface area (Å²) in [7, 11) is -3.27. The molecule has 0 fully saturated rings. The minimum atomic E-state index is -3.27. The zero-order chi connectivity index (χ0) is 17.3. The monoisotopic (exact) mass is 339 g/mol. The van der Waals surface area contributed by atoms with Crippen molar-refractivity contribution in [1.29, 1.82) is 0 Å². The number of nitrogens with zero attached hydrogens (tertiary/aromatic N) is 1. The van der Waals surface area contributed by atoms with Gasteiger partial charge in [-0.3, -0.25) is 9.10 Å². The van der Waals surface area contributed by atoms with Crippen molar-refractivity contribution in [3.05, 3.63) is 29.3 Å². The summed E-state index contributed by atoms with van der Waals surface area (Å²) >= 11 is 0. The van der Waals surface area contributed by atoms with E-state index < -0.39 is 10.0 Å². The van der Waals surface area contributed by atoms with Gasteiger partial charge in [0.05, 0.1) is 11.9 Å². The Morgan fingerprint density at radius 2 is 2.00 bits per heavy atom. The molecule has 23 heavy (non-hydrogen) atoms. The molecule has 0 saturated carbocycles. The molecule has 1 aliphatic heterocycles. The van der Waals surface area contributed by atoms with E-state index in [-0.39, 0.29) is 11.4 Å². The molecule has 6 nitrogen and oxygen atoms in total. The van der Waals surface area contributed by atoms with E-state index in [0.717, 1.165) is 18.4 Å². The Labute approximate surface area is 138 Å². The molecule has 1 amide bonds. The molecule has 1 aromatic carbocycles. The van der Waals surface area contributed by atoms with Crippen LogP contribution in [0, 0.1) is 0 Å². The van der Waals surface area contributed by atoms with Crippen molar-refractivity contribution in [1.82, 2.24) is 5.32 Å². The molecule has 128 valence electrons. The number of benzene rings is 1. The highest BCUT2D eigenvalue weighted by atomic mass is 32.2. The summed E-state index contributed by atoms with van der Waals surface area (Å²) in [4.78, 5) is 12.3. The molecular formula is C16H25N3O3S. The fraction of sp³-hybridized carbons (Fsp3) is 0.562. The van der Waals surface area contributed by atoms with Crippen molar-refractivity contribution >= 4 is 21.6 Å². The normalized spacial score (nSPS) is 14.7. The molecular weight excluding hydrogens is 314 g/mol. The van der Waals surface area contributed by atoms with Crippen LogP contribution in [-0.2, 0) is 16.4 Å². The summed E-state index contributed by atoms with van der Waals surface area (Å²) in [5.41, 5.74) is 7.89. The summed E-state index contributed by atoms with van der Waals surface area (Å²) < 4.78 is 24.8. The molecule has 1 aliphatic rings. The standard InChI is InChI=1S/C16H25N3O3S/c1-4-16(17,5-2)11-18-15(20)13-6-7-14-12(10-13)8-9-19(14)23(3,21)22/h6-7,10H,4-5,8-9,11,17H2,1-3H3,(H,18,20). The first kappa shape index (κ1) is 17.7. The van der Waals surface area contributed by atoms with Crippen LogP contribution in [0.15, 0.2) is 18.2 Å². The van der Waals surface area contributed by atoms with Gasteiger partial charge in [0.15, 0.2) is 0 Å². The number of rotatable bonds is 6. The van der Waals surface area contributed by atoms with Crippen LogP contribution in [0.25, 0.3) is 0 Å². The Hall–Kier alpha value is -1.60. The van der Waals surface area contributed by atoms with E-state index in [1.54, 1.807) is 18.2 Å². The second-order valence-electron chi connectivity index (χ2n) is 6.18. The Balaban J connectivity index is 2.13. The topological polar surface area (TPSA) is 92.5 Å². The first-order chi connectivity index (χ1) is 10.7. The maximum absolute atomic E-state index is 12.3. The van der Waals surface area contributed by atoms with Crippen molar-refractivity contribution in [2.24, 2.45) is 5.73 Å². The van der Waals surface area contributed by atoms with E-state index in [1.807, 2.05) is 13.8 Å². The van der Waals surface area contributed by atoms with Gasteiger partial charge in [-0.2, -0.15) is 0 Å². The van der Waals surface area contributed by atoms with Crippen molar-refractivity contribution < 1.29 is 13.2 Å². The van der Waals surface area contributed by atoms with E-state index in [2.05, 4.69) is 5.32 Å². The average Bonchev–Trinajstić information content (AvgIpc) is 2.95. The number of nitrogens with two attached hydrogens (primary N) is 1. The van der Waals surface area contributed by atoms with E-state index in [9.17, 15) is 13.2 Å². The third kappa shape index (κ3) is 3.84. The molecule has 0 spiro atoms. The van der Waals surface area contributed by atoms with Crippen LogP contribution < -0.4 is 15.4 Å². The van der Waals surface area contributed by atoms with Gasteiger partial charge in [-0.15, -0.1) is 0 Å². The van der Waals surface area contributed by atoms with Gasteiger partial charge in [-0.25, -0.2) is 8.42 Å². The number of carbonyl (C=O) groups excluding carboxylic acids is 1. The summed E-state index contributed by atoms with van der Waals surface area (Å²) in [6.45, 7) is 4.86. The number of hydrogen-bond acceptors (Lipinski definition) is 4. The van der Waals surface area contributed by atoms with Gasteiger partial charge >= 0.3 is 0 Å². The Kier molecular flexibility index (Phi) is 5.01. The van der Waals surface area contributed by atoms with Gasteiger partial charge in [0, 0.05) is 24.2 Å². The molecule has 0 bridgehead atoms. The van der Waals surface area contributed by atoms with Crippen molar-refractivity contribution in [3.63, 3.8) is 0 Å². The van der Waals surface area contributed by atoms with E-state index in [4.69, 9.17) is 5.73 Å². The smallest absolute Gasteiger partial charge is 0.251 e. The zero-order valence-corrected chi connectivity index (χ0v) is 14.7. The molecule has 0 radical (unpaired) electrons. The molecule has 7 heteroatoms. The lowest BCUT2D eigenvalue weighted by molar-refractivity contribution is 0.0942. The molecule has 2 rings (SSSR count). The number of anilines is 1. The van der Waals surface area contributed by atoms with Crippen LogP contribution in [0.3, 0.4) is 0 Å². The van der Waals surface area contributed by atoms with E-state index in [0.29, 0.717) is 30.8 Å². The van der Waals surface area contributed by atoms with E-state index >= 15 is 0 Å². The molecule has 3 N–H and O–H groups in total. The molecule has 0 unspecified atom stereocenters. The van der Waals surface area contributed by atoms with Crippen LogP contribution in [0.2, 0.25) is 0 Å². The highest BCUT2D eigenvalue weighted by Gasteiger charge is 2.27. The van der Waals surface area contributed by atoms with Crippen LogP contribution in [0.4, 0.5) is 5.69 Å². The van der Waals surface area contributed by atoms with Crippen LogP contribution in [0.5, 0.6) is 0 Å². The molecule has 1 aromatic rings. The van der Waals surface area contributed by atoms with Crippen LogP contribution in [0.1, 0.15) is 42.6 Å². The lowest BCUT2D eigenvalue weighted by atomic mass is 9.94. The highest BCUT2D eigenvalue weighted by molar-refractivity contribution is 7.92. The number of sulfonamides is 1. The van der Waals surface area contributed by atoms with Gasteiger partial charge < -0.3 is 11.1 Å². The average molecular weight is 339 g/mol. The van der Waals surface area contributed by atoms with Gasteiger partial charge in [-0.1, -0.05) is 13.8 Å².